The zero-order valence-electron chi connectivity index (χ0n) is 23.0. The number of piperidine rings is 1. The molecule has 2 amide bonds. The lowest BCUT2D eigenvalue weighted by molar-refractivity contribution is -0.135. The van der Waals surface area contributed by atoms with Crippen LogP contribution in [-0.2, 0) is 31.6 Å². The Morgan fingerprint density at radius 1 is 1.10 bits per heavy atom. The van der Waals surface area contributed by atoms with E-state index in [0.29, 0.717) is 34.3 Å². The Morgan fingerprint density at radius 2 is 1.77 bits per heavy atom. The number of hydrogen-bond acceptors (Lipinski definition) is 4. The third-order valence-corrected chi connectivity index (χ3v) is 11.3. The fourth-order valence-electron chi connectivity index (χ4n) is 6.13. The molecule has 2 aromatic rings. The van der Waals surface area contributed by atoms with Crippen LogP contribution in [0.3, 0.4) is 0 Å². The molecule has 2 aliphatic rings. The molecule has 0 saturated carbocycles. The van der Waals surface area contributed by atoms with Crippen molar-refractivity contribution in [2.24, 2.45) is 5.92 Å². The average Bonchev–Trinajstić information content (AvgIpc) is 3.18. The van der Waals surface area contributed by atoms with Crippen molar-refractivity contribution in [3.05, 3.63) is 69.2 Å². The number of hydrogen-bond donors (Lipinski definition) is 1. The van der Waals surface area contributed by atoms with E-state index in [9.17, 15) is 18.9 Å². The van der Waals surface area contributed by atoms with Crippen LogP contribution in [0, 0.1) is 5.92 Å². The molecule has 212 valence electrons. The molecule has 2 heterocycles. The number of carbonyl (C=O) groups is 2. The van der Waals surface area contributed by atoms with E-state index in [2.05, 4.69) is 17.0 Å². The lowest BCUT2D eigenvalue weighted by Gasteiger charge is -2.46. The van der Waals surface area contributed by atoms with Crippen LogP contribution >= 0.6 is 23.2 Å². The SMILES string of the molecule is CC(C)C(=O)N(C)CC(CCN1CCC2(CC1)c1ccccc1C[S@]2=O)(c1ccc(Cl)c(Cl)c1)N(C)C(=O)O. The van der Waals surface area contributed by atoms with Gasteiger partial charge in [0, 0.05) is 49.7 Å². The summed E-state index contributed by atoms with van der Waals surface area (Å²) in [5, 5.41) is 10.9. The Labute approximate surface area is 243 Å². The Bertz CT molecular complexity index is 1260. The Balaban J connectivity index is 1.61. The fraction of sp³-hybridized carbons (Fsp3) is 0.517. The molecule has 2 aliphatic heterocycles. The van der Waals surface area contributed by atoms with Gasteiger partial charge in [0.2, 0.25) is 5.91 Å². The highest BCUT2D eigenvalue weighted by Crippen LogP contribution is 2.47. The number of amides is 2. The molecule has 0 aromatic heterocycles. The van der Waals surface area contributed by atoms with Crippen molar-refractivity contribution in [2.45, 2.75) is 49.1 Å². The van der Waals surface area contributed by atoms with Gasteiger partial charge in [-0.25, -0.2) is 4.79 Å². The lowest BCUT2D eigenvalue weighted by Crippen LogP contribution is -2.56. The largest absolute Gasteiger partial charge is 0.465 e. The number of halogens is 2. The van der Waals surface area contributed by atoms with Crippen molar-refractivity contribution in [1.29, 1.82) is 0 Å². The zero-order chi connectivity index (χ0) is 28.5. The van der Waals surface area contributed by atoms with Crippen molar-refractivity contribution in [2.75, 3.05) is 40.3 Å². The maximum atomic E-state index is 13.2. The van der Waals surface area contributed by atoms with E-state index in [-0.39, 0.29) is 23.1 Å². The van der Waals surface area contributed by atoms with Gasteiger partial charge < -0.3 is 14.9 Å². The minimum Gasteiger partial charge on any atom is -0.465 e. The lowest BCUT2D eigenvalue weighted by atomic mass is 9.83. The molecule has 1 N–H and O–H groups in total. The summed E-state index contributed by atoms with van der Waals surface area (Å²) in [5.41, 5.74) is 2.03. The maximum absolute atomic E-state index is 13.2. The van der Waals surface area contributed by atoms with Crippen molar-refractivity contribution in [3.63, 3.8) is 0 Å². The van der Waals surface area contributed by atoms with Crippen molar-refractivity contribution in [1.82, 2.24) is 14.7 Å². The van der Waals surface area contributed by atoms with Crippen LogP contribution in [-0.4, -0.2) is 76.3 Å². The quantitative estimate of drug-likeness (QED) is 0.433. The summed E-state index contributed by atoms with van der Waals surface area (Å²) < 4.78 is 12.9. The first-order valence-electron chi connectivity index (χ1n) is 13.3. The van der Waals surface area contributed by atoms with Gasteiger partial charge in [-0.05, 0) is 61.2 Å². The summed E-state index contributed by atoms with van der Waals surface area (Å²) in [7, 11) is 2.30. The number of likely N-dealkylation sites (N-methyl/N-ethyl adjacent to an activating group) is 2. The molecule has 1 fully saturated rings. The van der Waals surface area contributed by atoms with E-state index >= 15 is 0 Å². The van der Waals surface area contributed by atoms with Gasteiger partial charge in [-0.3, -0.25) is 13.9 Å². The van der Waals surface area contributed by atoms with E-state index in [1.54, 1.807) is 37.2 Å². The Morgan fingerprint density at radius 3 is 2.38 bits per heavy atom. The summed E-state index contributed by atoms with van der Waals surface area (Å²) >= 11 is 12.6. The van der Waals surface area contributed by atoms with Gasteiger partial charge in [0.25, 0.3) is 0 Å². The van der Waals surface area contributed by atoms with Gasteiger partial charge in [0.05, 0.1) is 20.3 Å². The second-order valence-corrected chi connectivity index (χ2v) is 13.7. The average molecular weight is 595 g/mol. The molecule has 2 aromatic carbocycles. The highest BCUT2D eigenvalue weighted by Gasteiger charge is 2.48. The molecule has 2 atom stereocenters. The molecule has 0 bridgehead atoms. The van der Waals surface area contributed by atoms with Crippen molar-refractivity contribution < 1.29 is 18.9 Å². The second-order valence-electron chi connectivity index (χ2n) is 11.1. The first kappa shape index (κ1) is 29.8. The molecule has 4 rings (SSSR count). The number of carboxylic acid groups (broad SMARTS) is 1. The highest BCUT2D eigenvalue weighted by molar-refractivity contribution is 7.85. The third-order valence-electron chi connectivity index (χ3n) is 8.49. The van der Waals surface area contributed by atoms with Gasteiger partial charge in [0.15, 0.2) is 0 Å². The molecular weight excluding hydrogens is 557 g/mol. The molecule has 10 heteroatoms. The number of fused-ring (bicyclic) bond motifs is 2. The first-order valence-corrected chi connectivity index (χ1v) is 15.4. The summed E-state index contributed by atoms with van der Waals surface area (Å²) in [6.07, 6.45) is 0.922. The monoisotopic (exact) mass is 593 g/mol. The summed E-state index contributed by atoms with van der Waals surface area (Å²) in [4.78, 5) is 30.6. The second kappa shape index (κ2) is 11.8. The van der Waals surface area contributed by atoms with Crippen LogP contribution in [0.4, 0.5) is 4.79 Å². The van der Waals surface area contributed by atoms with Crippen LogP contribution in [0.1, 0.15) is 49.8 Å². The van der Waals surface area contributed by atoms with Crippen LogP contribution in [0.5, 0.6) is 0 Å². The van der Waals surface area contributed by atoms with E-state index < -0.39 is 22.4 Å². The minimum atomic E-state index is -1.10. The molecule has 1 saturated heterocycles. The summed E-state index contributed by atoms with van der Waals surface area (Å²) in [6, 6.07) is 13.4. The summed E-state index contributed by atoms with van der Waals surface area (Å²) in [5.74, 6) is 0.307. The van der Waals surface area contributed by atoms with Gasteiger partial charge in [0.1, 0.15) is 0 Å². The van der Waals surface area contributed by atoms with Gasteiger partial charge in [-0.1, -0.05) is 67.4 Å². The van der Waals surface area contributed by atoms with Crippen LogP contribution < -0.4 is 0 Å². The maximum Gasteiger partial charge on any atom is 0.407 e. The molecule has 7 nitrogen and oxygen atoms in total. The zero-order valence-corrected chi connectivity index (χ0v) is 25.3. The smallest absolute Gasteiger partial charge is 0.407 e. The highest BCUT2D eigenvalue weighted by atomic mass is 35.5. The minimum absolute atomic E-state index is 0.0690. The number of carbonyl (C=O) groups excluding carboxylic acids is 1. The topological polar surface area (TPSA) is 81.2 Å². The van der Waals surface area contributed by atoms with E-state index in [1.807, 2.05) is 26.0 Å². The van der Waals surface area contributed by atoms with Gasteiger partial charge in [-0.2, -0.15) is 0 Å². The molecule has 0 radical (unpaired) electrons. The number of likely N-dealkylation sites (tertiary alicyclic amines) is 1. The van der Waals surface area contributed by atoms with Crippen molar-refractivity contribution >= 4 is 46.0 Å². The number of nitrogens with zero attached hydrogens (tertiary/aromatic N) is 3. The van der Waals surface area contributed by atoms with E-state index in [0.717, 1.165) is 25.9 Å². The Kier molecular flexibility index (Phi) is 9.01. The van der Waals surface area contributed by atoms with Crippen LogP contribution in [0.25, 0.3) is 0 Å². The molecular formula is C29H37Cl2N3O4S. The van der Waals surface area contributed by atoms with Gasteiger partial charge in [-0.15, -0.1) is 0 Å². The molecule has 1 spiro atoms. The standard InChI is InChI=1S/C29H37Cl2N3O4S/c1-20(2)26(35)32(3)19-28(33(4)27(36)37,22-9-10-24(30)25(31)17-22)11-14-34-15-12-29(13-16-34)23-8-6-5-7-21(23)18-39(29)38/h5-10,17,20H,11-16,18-19H2,1-4H3,(H,36,37)/t28?,39-/m1/s1. The predicted molar refractivity (Wildman–Crippen MR) is 157 cm³/mol. The molecule has 39 heavy (non-hydrogen) atoms. The Hall–Kier alpha value is -2.13. The summed E-state index contributed by atoms with van der Waals surface area (Å²) in [6.45, 7) is 5.94. The first-order chi connectivity index (χ1) is 18.4. The normalized spacial score (nSPS) is 20.0. The molecule has 0 aliphatic carbocycles. The van der Waals surface area contributed by atoms with Crippen LogP contribution in [0.2, 0.25) is 10.0 Å². The number of benzene rings is 2. The van der Waals surface area contributed by atoms with Gasteiger partial charge >= 0.3 is 6.09 Å². The molecule has 1 unspecified atom stereocenters. The fourth-order valence-corrected chi connectivity index (χ4v) is 8.32. The van der Waals surface area contributed by atoms with E-state index in [4.69, 9.17) is 23.2 Å². The van der Waals surface area contributed by atoms with Crippen LogP contribution in [0.15, 0.2) is 42.5 Å². The third kappa shape index (κ3) is 5.71. The van der Waals surface area contributed by atoms with E-state index in [1.165, 1.54) is 16.0 Å². The van der Waals surface area contributed by atoms with Crippen molar-refractivity contribution in [3.8, 4) is 0 Å². The predicted octanol–water partition coefficient (Wildman–Crippen LogP) is 5.56. The number of rotatable bonds is 8.